The number of hydrogen-bond acceptors (Lipinski definition) is 4. The molecule has 0 aliphatic carbocycles. The van der Waals surface area contributed by atoms with Crippen molar-refractivity contribution in [2.75, 3.05) is 6.54 Å². The molecule has 5 nitrogen and oxygen atoms in total. The lowest BCUT2D eigenvalue weighted by molar-refractivity contribution is 0.405. The Hall–Kier alpha value is -1.50. The monoisotopic (exact) mass is 325 g/mol. The van der Waals surface area contributed by atoms with Crippen LogP contribution in [0.5, 0.6) is 0 Å². The zero-order valence-corrected chi connectivity index (χ0v) is 13.2. The summed E-state index contributed by atoms with van der Waals surface area (Å²) in [5, 5.41) is 0.0269. The molecule has 0 fully saturated rings. The van der Waals surface area contributed by atoms with Gasteiger partial charge in [0.25, 0.3) is 0 Å². The first-order valence-electron chi connectivity index (χ1n) is 6.55. The van der Waals surface area contributed by atoms with Gasteiger partial charge in [0.05, 0.1) is 12.4 Å². The number of nitrogens with zero attached hydrogens (tertiary/aromatic N) is 3. The van der Waals surface area contributed by atoms with Crippen LogP contribution in [0.2, 0.25) is 5.28 Å². The molecule has 0 amide bonds. The largest absolute Gasteiger partial charge is 0.246 e. The van der Waals surface area contributed by atoms with Crippen molar-refractivity contribution < 1.29 is 8.42 Å². The van der Waals surface area contributed by atoms with Gasteiger partial charge in [-0.15, -0.1) is 0 Å². The zero-order chi connectivity index (χ0) is 15.3. The molecule has 1 aromatic carbocycles. The highest BCUT2D eigenvalue weighted by atomic mass is 35.5. The van der Waals surface area contributed by atoms with Crippen LogP contribution < -0.4 is 0 Å². The number of benzene rings is 1. The number of rotatable bonds is 6. The van der Waals surface area contributed by atoms with Crippen LogP contribution in [0.25, 0.3) is 0 Å². The van der Waals surface area contributed by atoms with Crippen molar-refractivity contribution in [2.24, 2.45) is 0 Å². The van der Waals surface area contributed by atoms with Gasteiger partial charge in [-0.1, -0.05) is 37.3 Å². The molecule has 0 saturated carbocycles. The molecule has 7 heteroatoms. The standard InChI is InChI=1S/C14H16ClN3O2S/c1-2-8-18(11-12-6-4-3-5-7-12)21(19,20)13-9-16-14(15)17-10-13/h3-7,9-10H,2,8,11H2,1H3. The lowest BCUT2D eigenvalue weighted by atomic mass is 10.2. The van der Waals surface area contributed by atoms with E-state index in [2.05, 4.69) is 9.97 Å². The molecule has 2 rings (SSSR count). The summed E-state index contributed by atoms with van der Waals surface area (Å²) in [6.07, 6.45) is 3.19. The van der Waals surface area contributed by atoms with E-state index in [-0.39, 0.29) is 10.2 Å². The average molecular weight is 326 g/mol. The molecule has 1 heterocycles. The number of hydrogen-bond donors (Lipinski definition) is 0. The second kappa shape index (κ2) is 6.98. The first kappa shape index (κ1) is 15.9. The molecule has 0 spiro atoms. The molecule has 0 bridgehead atoms. The molecule has 0 radical (unpaired) electrons. The summed E-state index contributed by atoms with van der Waals surface area (Å²) in [6, 6.07) is 9.47. The van der Waals surface area contributed by atoms with E-state index in [1.807, 2.05) is 37.3 Å². The van der Waals surface area contributed by atoms with Gasteiger partial charge in [-0.2, -0.15) is 4.31 Å². The topological polar surface area (TPSA) is 63.2 Å². The van der Waals surface area contributed by atoms with Crippen molar-refractivity contribution in [1.29, 1.82) is 0 Å². The maximum atomic E-state index is 12.6. The molecule has 112 valence electrons. The molecule has 0 unspecified atom stereocenters. The summed E-state index contributed by atoms with van der Waals surface area (Å²) in [5.74, 6) is 0. The van der Waals surface area contributed by atoms with Gasteiger partial charge in [0, 0.05) is 13.1 Å². The van der Waals surface area contributed by atoms with Crippen LogP contribution in [0.1, 0.15) is 18.9 Å². The van der Waals surface area contributed by atoms with E-state index in [9.17, 15) is 8.42 Å². The summed E-state index contributed by atoms with van der Waals surface area (Å²) in [7, 11) is -3.63. The smallest absolute Gasteiger partial charge is 0.225 e. The van der Waals surface area contributed by atoms with Crippen LogP contribution in [-0.4, -0.2) is 29.2 Å². The molecule has 0 aliphatic heterocycles. The molecule has 21 heavy (non-hydrogen) atoms. The van der Waals surface area contributed by atoms with E-state index >= 15 is 0 Å². The van der Waals surface area contributed by atoms with Gasteiger partial charge >= 0.3 is 0 Å². The fraction of sp³-hybridized carbons (Fsp3) is 0.286. The van der Waals surface area contributed by atoms with E-state index in [0.29, 0.717) is 13.1 Å². The SMILES string of the molecule is CCCN(Cc1ccccc1)S(=O)(=O)c1cnc(Cl)nc1. The second-order valence-electron chi connectivity index (χ2n) is 4.51. The summed E-state index contributed by atoms with van der Waals surface area (Å²) in [6.45, 7) is 2.69. The average Bonchev–Trinajstić information content (AvgIpc) is 2.48. The minimum atomic E-state index is -3.63. The molecule has 0 N–H and O–H groups in total. The molecule has 2 aromatic rings. The van der Waals surface area contributed by atoms with Crippen molar-refractivity contribution in [2.45, 2.75) is 24.8 Å². The third-order valence-electron chi connectivity index (χ3n) is 2.91. The molecule has 0 atom stereocenters. The molecular formula is C14H16ClN3O2S. The number of halogens is 1. The van der Waals surface area contributed by atoms with Crippen LogP contribution in [-0.2, 0) is 16.6 Å². The van der Waals surface area contributed by atoms with Gasteiger partial charge in [0.15, 0.2) is 0 Å². The number of sulfonamides is 1. The zero-order valence-electron chi connectivity index (χ0n) is 11.6. The van der Waals surface area contributed by atoms with Crippen molar-refractivity contribution >= 4 is 21.6 Å². The summed E-state index contributed by atoms with van der Waals surface area (Å²) in [4.78, 5) is 7.54. The van der Waals surface area contributed by atoms with Crippen LogP contribution in [0.3, 0.4) is 0 Å². The molecule has 0 saturated heterocycles. The van der Waals surface area contributed by atoms with E-state index in [1.165, 1.54) is 16.7 Å². The van der Waals surface area contributed by atoms with E-state index in [0.717, 1.165) is 12.0 Å². The second-order valence-corrected chi connectivity index (χ2v) is 6.79. The quantitative estimate of drug-likeness (QED) is 0.766. The van der Waals surface area contributed by atoms with Gasteiger partial charge in [-0.25, -0.2) is 18.4 Å². The molecular weight excluding hydrogens is 310 g/mol. The van der Waals surface area contributed by atoms with Crippen molar-refractivity contribution in [1.82, 2.24) is 14.3 Å². The third-order valence-corrected chi connectivity index (χ3v) is 4.90. The maximum Gasteiger partial charge on any atom is 0.246 e. The first-order chi connectivity index (χ1) is 10.0. The van der Waals surface area contributed by atoms with E-state index < -0.39 is 10.0 Å². The van der Waals surface area contributed by atoms with Crippen molar-refractivity contribution in [3.8, 4) is 0 Å². The summed E-state index contributed by atoms with van der Waals surface area (Å²) >= 11 is 5.60. The van der Waals surface area contributed by atoms with E-state index in [4.69, 9.17) is 11.6 Å². The van der Waals surface area contributed by atoms with Gasteiger partial charge in [-0.3, -0.25) is 0 Å². The Balaban J connectivity index is 2.30. The van der Waals surface area contributed by atoms with E-state index in [1.54, 1.807) is 0 Å². The van der Waals surface area contributed by atoms with Gasteiger partial charge in [0.2, 0.25) is 15.3 Å². The van der Waals surface area contributed by atoms with Gasteiger partial charge < -0.3 is 0 Å². The van der Waals surface area contributed by atoms with Gasteiger partial charge in [-0.05, 0) is 23.6 Å². The number of aromatic nitrogens is 2. The van der Waals surface area contributed by atoms with Crippen LogP contribution in [0, 0.1) is 0 Å². The van der Waals surface area contributed by atoms with Gasteiger partial charge in [0.1, 0.15) is 4.90 Å². The lowest BCUT2D eigenvalue weighted by Gasteiger charge is -2.21. The predicted octanol–water partition coefficient (Wildman–Crippen LogP) is 2.73. The fourth-order valence-electron chi connectivity index (χ4n) is 1.90. The minimum absolute atomic E-state index is 0.0269. The Morgan fingerprint density at radius 3 is 2.33 bits per heavy atom. The fourth-order valence-corrected chi connectivity index (χ4v) is 3.41. The Morgan fingerprint density at radius 2 is 1.76 bits per heavy atom. The summed E-state index contributed by atoms with van der Waals surface area (Å²) in [5.41, 5.74) is 0.935. The van der Waals surface area contributed by atoms with Crippen LogP contribution in [0.15, 0.2) is 47.6 Å². The highest BCUT2D eigenvalue weighted by molar-refractivity contribution is 7.89. The highest BCUT2D eigenvalue weighted by Crippen LogP contribution is 2.18. The Bertz CT molecular complexity index is 675. The normalized spacial score (nSPS) is 11.8. The maximum absolute atomic E-state index is 12.6. The highest BCUT2D eigenvalue weighted by Gasteiger charge is 2.24. The predicted molar refractivity (Wildman–Crippen MR) is 81.4 cm³/mol. The third kappa shape index (κ3) is 4.00. The molecule has 1 aromatic heterocycles. The first-order valence-corrected chi connectivity index (χ1v) is 8.37. The summed E-state index contributed by atoms with van der Waals surface area (Å²) < 4.78 is 26.7. The van der Waals surface area contributed by atoms with Crippen molar-refractivity contribution in [3.05, 3.63) is 53.6 Å². The van der Waals surface area contributed by atoms with Crippen LogP contribution in [0.4, 0.5) is 0 Å². The van der Waals surface area contributed by atoms with Crippen molar-refractivity contribution in [3.63, 3.8) is 0 Å². The Labute approximate surface area is 129 Å². The van der Waals surface area contributed by atoms with Crippen LogP contribution >= 0.6 is 11.6 Å². The Kier molecular flexibility index (Phi) is 5.27. The Morgan fingerprint density at radius 1 is 1.14 bits per heavy atom. The minimum Gasteiger partial charge on any atom is -0.225 e. The molecule has 0 aliphatic rings. The lowest BCUT2D eigenvalue weighted by Crippen LogP contribution is -2.31.